The maximum atomic E-state index is 12.4. The molecule has 0 aliphatic rings. The van der Waals surface area contributed by atoms with Crippen molar-refractivity contribution in [2.24, 2.45) is 0 Å². The Labute approximate surface area is 168 Å². The van der Waals surface area contributed by atoms with Crippen LogP contribution in [0, 0.1) is 0 Å². The van der Waals surface area contributed by atoms with Crippen LogP contribution in [0.2, 0.25) is 5.02 Å². The summed E-state index contributed by atoms with van der Waals surface area (Å²) in [5.74, 6) is 0.289. The SMILES string of the molecule is COc1ccc(C(=O)/C=C/c2cccc(NC(=O)c3ccccc3Cl)c2)cc1. The standard InChI is InChI=1S/C23H18ClNO3/c1-28-19-12-10-17(11-13-19)22(26)14-9-16-5-4-6-18(15-16)25-23(27)20-7-2-3-8-21(20)24/h2-15H,1H3,(H,25,27)/b14-9+. The molecule has 0 aromatic heterocycles. The maximum Gasteiger partial charge on any atom is 0.257 e. The summed E-state index contributed by atoms with van der Waals surface area (Å²) in [6.07, 6.45) is 3.20. The van der Waals surface area contributed by atoms with Crippen LogP contribution in [0.25, 0.3) is 6.08 Å². The molecule has 3 aromatic carbocycles. The predicted molar refractivity (Wildman–Crippen MR) is 112 cm³/mol. The van der Waals surface area contributed by atoms with Gasteiger partial charge in [-0.2, -0.15) is 0 Å². The first-order valence-corrected chi connectivity index (χ1v) is 8.97. The number of allylic oxidation sites excluding steroid dienone is 1. The van der Waals surface area contributed by atoms with Crippen LogP contribution in [0.4, 0.5) is 5.69 Å². The molecule has 0 bridgehead atoms. The van der Waals surface area contributed by atoms with Gasteiger partial charge in [0, 0.05) is 11.3 Å². The van der Waals surface area contributed by atoms with Crippen LogP contribution in [0.1, 0.15) is 26.3 Å². The van der Waals surface area contributed by atoms with Crippen LogP contribution < -0.4 is 10.1 Å². The fourth-order valence-electron chi connectivity index (χ4n) is 2.59. The summed E-state index contributed by atoms with van der Waals surface area (Å²) in [7, 11) is 1.58. The van der Waals surface area contributed by atoms with Crippen LogP contribution in [0.15, 0.2) is 78.9 Å². The van der Waals surface area contributed by atoms with Crippen molar-refractivity contribution < 1.29 is 14.3 Å². The van der Waals surface area contributed by atoms with Gasteiger partial charge in [0.05, 0.1) is 17.7 Å². The van der Waals surface area contributed by atoms with E-state index in [-0.39, 0.29) is 11.7 Å². The number of carbonyl (C=O) groups is 2. The van der Waals surface area contributed by atoms with Gasteiger partial charge in [-0.05, 0) is 60.2 Å². The summed E-state index contributed by atoms with van der Waals surface area (Å²) >= 11 is 6.06. The van der Waals surface area contributed by atoms with Crippen molar-refractivity contribution in [3.05, 3.63) is 101 Å². The van der Waals surface area contributed by atoms with Gasteiger partial charge in [-0.15, -0.1) is 0 Å². The Morgan fingerprint density at radius 1 is 0.964 bits per heavy atom. The minimum Gasteiger partial charge on any atom is -0.497 e. The Morgan fingerprint density at radius 2 is 1.71 bits per heavy atom. The third-order valence-electron chi connectivity index (χ3n) is 4.06. The second-order valence-electron chi connectivity index (χ2n) is 5.99. The van der Waals surface area contributed by atoms with Gasteiger partial charge in [-0.3, -0.25) is 9.59 Å². The van der Waals surface area contributed by atoms with Crippen LogP contribution in [0.3, 0.4) is 0 Å². The van der Waals surface area contributed by atoms with Crippen molar-refractivity contribution in [2.45, 2.75) is 0 Å². The molecule has 4 nitrogen and oxygen atoms in total. The second-order valence-corrected chi connectivity index (χ2v) is 6.39. The van der Waals surface area contributed by atoms with Crippen molar-refractivity contribution in [3.63, 3.8) is 0 Å². The van der Waals surface area contributed by atoms with Gasteiger partial charge in [-0.25, -0.2) is 0 Å². The van der Waals surface area contributed by atoms with Gasteiger partial charge in [0.2, 0.25) is 0 Å². The third-order valence-corrected chi connectivity index (χ3v) is 4.39. The molecule has 28 heavy (non-hydrogen) atoms. The lowest BCUT2D eigenvalue weighted by atomic mass is 10.1. The molecule has 140 valence electrons. The summed E-state index contributed by atoms with van der Waals surface area (Å²) in [6.45, 7) is 0. The first-order chi connectivity index (χ1) is 13.6. The highest BCUT2D eigenvalue weighted by Gasteiger charge is 2.09. The van der Waals surface area contributed by atoms with Crippen molar-refractivity contribution >= 4 is 35.1 Å². The first kappa shape index (κ1) is 19.4. The van der Waals surface area contributed by atoms with Crippen molar-refractivity contribution in [2.75, 3.05) is 12.4 Å². The van der Waals surface area contributed by atoms with E-state index < -0.39 is 0 Å². The summed E-state index contributed by atoms with van der Waals surface area (Å²) in [5.41, 5.74) is 2.38. The number of carbonyl (C=O) groups excluding carboxylic acids is 2. The molecule has 0 aliphatic carbocycles. The zero-order chi connectivity index (χ0) is 19.9. The molecule has 0 radical (unpaired) electrons. The molecule has 1 N–H and O–H groups in total. The summed E-state index contributed by atoms with van der Waals surface area (Å²) < 4.78 is 5.09. The Morgan fingerprint density at radius 3 is 2.43 bits per heavy atom. The summed E-state index contributed by atoms with van der Waals surface area (Å²) in [5, 5.41) is 3.21. The molecule has 0 heterocycles. The predicted octanol–water partition coefficient (Wildman–Crippen LogP) is 5.50. The molecule has 0 spiro atoms. The molecule has 1 amide bonds. The van der Waals surface area contributed by atoms with E-state index in [1.54, 1.807) is 79.9 Å². The lowest BCUT2D eigenvalue weighted by molar-refractivity contribution is 0.102. The quantitative estimate of drug-likeness (QED) is 0.446. The maximum absolute atomic E-state index is 12.4. The molecule has 3 aromatic rings. The van der Waals surface area contributed by atoms with E-state index in [9.17, 15) is 9.59 Å². The Bertz CT molecular complexity index is 1030. The van der Waals surface area contributed by atoms with Gasteiger partial charge in [0.25, 0.3) is 5.91 Å². The van der Waals surface area contributed by atoms with Crippen molar-refractivity contribution in [3.8, 4) is 5.75 Å². The van der Waals surface area contributed by atoms with Gasteiger partial charge >= 0.3 is 0 Å². The lowest BCUT2D eigenvalue weighted by Gasteiger charge is -2.07. The van der Waals surface area contributed by atoms with Gasteiger partial charge < -0.3 is 10.1 Å². The smallest absolute Gasteiger partial charge is 0.257 e. The molecule has 5 heteroatoms. The minimum absolute atomic E-state index is 0.117. The number of rotatable bonds is 6. The van der Waals surface area contributed by atoms with E-state index in [1.165, 1.54) is 6.08 Å². The number of hydrogen-bond acceptors (Lipinski definition) is 3. The topological polar surface area (TPSA) is 55.4 Å². The van der Waals surface area contributed by atoms with Gasteiger partial charge in [-0.1, -0.05) is 41.9 Å². The van der Waals surface area contributed by atoms with E-state index >= 15 is 0 Å². The van der Waals surface area contributed by atoms with Crippen LogP contribution in [-0.2, 0) is 0 Å². The van der Waals surface area contributed by atoms with Crippen LogP contribution in [0.5, 0.6) is 5.75 Å². The molecule has 0 fully saturated rings. The number of ether oxygens (including phenoxy) is 1. The second kappa shape index (κ2) is 9.02. The number of nitrogens with one attached hydrogen (secondary N) is 1. The van der Waals surface area contributed by atoms with Gasteiger partial charge in [0.15, 0.2) is 5.78 Å². The monoisotopic (exact) mass is 391 g/mol. The number of halogens is 1. The molecular formula is C23H18ClNO3. The average molecular weight is 392 g/mol. The minimum atomic E-state index is -0.291. The number of benzene rings is 3. The number of hydrogen-bond donors (Lipinski definition) is 1. The summed E-state index contributed by atoms with van der Waals surface area (Å²) in [4.78, 5) is 24.7. The fourth-order valence-corrected chi connectivity index (χ4v) is 2.81. The highest BCUT2D eigenvalue weighted by Crippen LogP contribution is 2.19. The Hall–Kier alpha value is -3.37. The molecule has 0 unspecified atom stereocenters. The van der Waals surface area contributed by atoms with E-state index in [1.807, 2.05) is 6.07 Å². The number of methoxy groups -OCH3 is 1. The zero-order valence-corrected chi connectivity index (χ0v) is 15.9. The Balaban J connectivity index is 1.70. The molecule has 3 rings (SSSR count). The number of amides is 1. The first-order valence-electron chi connectivity index (χ1n) is 8.59. The normalized spacial score (nSPS) is 10.6. The van der Waals surface area contributed by atoms with Crippen LogP contribution in [-0.4, -0.2) is 18.8 Å². The molecule has 0 saturated carbocycles. The number of anilines is 1. The van der Waals surface area contributed by atoms with Crippen molar-refractivity contribution in [1.82, 2.24) is 0 Å². The van der Waals surface area contributed by atoms with E-state index in [2.05, 4.69) is 5.32 Å². The van der Waals surface area contributed by atoms with E-state index in [4.69, 9.17) is 16.3 Å². The Kier molecular flexibility index (Phi) is 6.25. The van der Waals surface area contributed by atoms with Crippen LogP contribution >= 0.6 is 11.6 Å². The lowest BCUT2D eigenvalue weighted by Crippen LogP contribution is -2.12. The van der Waals surface area contributed by atoms with Gasteiger partial charge in [0.1, 0.15) is 5.75 Å². The highest BCUT2D eigenvalue weighted by molar-refractivity contribution is 6.34. The van der Waals surface area contributed by atoms with Crippen molar-refractivity contribution in [1.29, 1.82) is 0 Å². The molecule has 0 saturated heterocycles. The fraction of sp³-hybridized carbons (Fsp3) is 0.0435. The third kappa shape index (κ3) is 4.87. The molecule has 0 atom stereocenters. The average Bonchev–Trinajstić information content (AvgIpc) is 2.72. The van der Waals surface area contributed by atoms with E-state index in [0.29, 0.717) is 27.6 Å². The zero-order valence-electron chi connectivity index (χ0n) is 15.2. The van der Waals surface area contributed by atoms with E-state index in [0.717, 1.165) is 5.56 Å². The molecular weight excluding hydrogens is 374 g/mol. The highest BCUT2D eigenvalue weighted by atomic mass is 35.5. The largest absolute Gasteiger partial charge is 0.497 e. The number of ketones is 1. The summed E-state index contributed by atoms with van der Waals surface area (Å²) in [6, 6.07) is 21.0. The molecule has 0 aliphatic heterocycles.